The molecule has 1 aliphatic carbocycles. The van der Waals surface area contributed by atoms with Gasteiger partial charge in [0.25, 0.3) is 0 Å². The van der Waals surface area contributed by atoms with Crippen molar-refractivity contribution in [2.45, 2.75) is 65.2 Å². The quantitative estimate of drug-likeness (QED) is 0.647. The number of nitrogens with zero attached hydrogens (tertiary/aromatic N) is 1. The standard InChI is InChI=1S/C21H26ClNO3/c1-12-11-23-16-7-15(22)6-5-14(16)8-21(19(23)13(2)26-12)17(24)9-20(3,4)10-18(21)25/h5-7,12-13,19H,8-11H2,1-4H3/t12-,13-,19-/m1/s1. The first-order valence-electron chi connectivity index (χ1n) is 9.41. The Kier molecular flexibility index (Phi) is 4.02. The molecule has 26 heavy (non-hydrogen) atoms. The highest BCUT2D eigenvalue weighted by Crippen LogP contribution is 2.52. The van der Waals surface area contributed by atoms with Gasteiger partial charge in [0.05, 0.1) is 18.2 Å². The summed E-state index contributed by atoms with van der Waals surface area (Å²) >= 11 is 6.26. The first-order chi connectivity index (χ1) is 12.1. The number of morpholine rings is 1. The van der Waals surface area contributed by atoms with Crippen molar-refractivity contribution in [2.75, 3.05) is 11.4 Å². The van der Waals surface area contributed by atoms with E-state index in [9.17, 15) is 9.59 Å². The third-order valence-electron chi connectivity index (χ3n) is 6.29. The Morgan fingerprint density at radius 1 is 1.12 bits per heavy atom. The number of rotatable bonds is 0. The second kappa shape index (κ2) is 5.80. The number of carbonyl (C=O) groups excluding carboxylic acids is 2. The van der Waals surface area contributed by atoms with Gasteiger partial charge in [-0.15, -0.1) is 0 Å². The van der Waals surface area contributed by atoms with Crippen LogP contribution in [0.25, 0.3) is 0 Å². The van der Waals surface area contributed by atoms with Crippen molar-refractivity contribution in [3.05, 3.63) is 28.8 Å². The van der Waals surface area contributed by atoms with Gasteiger partial charge in [0.2, 0.25) is 0 Å². The van der Waals surface area contributed by atoms with Crippen LogP contribution in [-0.2, 0) is 20.7 Å². The second-order valence-corrected chi connectivity index (χ2v) is 9.47. The van der Waals surface area contributed by atoms with E-state index in [0.29, 0.717) is 30.8 Å². The van der Waals surface area contributed by atoms with Gasteiger partial charge in [-0.25, -0.2) is 0 Å². The molecule has 1 aromatic carbocycles. The Labute approximate surface area is 159 Å². The fraction of sp³-hybridized carbons (Fsp3) is 0.619. The van der Waals surface area contributed by atoms with E-state index in [1.807, 2.05) is 45.9 Å². The molecule has 3 aliphatic rings. The van der Waals surface area contributed by atoms with Crippen LogP contribution in [0.4, 0.5) is 5.69 Å². The van der Waals surface area contributed by atoms with Crippen LogP contribution in [-0.4, -0.2) is 36.4 Å². The third-order valence-corrected chi connectivity index (χ3v) is 6.52. The number of carbonyl (C=O) groups is 2. The van der Waals surface area contributed by atoms with Crippen molar-refractivity contribution in [3.63, 3.8) is 0 Å². The highest BCUT2D eigenvalue weighted by Gasteiger charge is 2.62. The van der Waals surface area contributed by atoms with E-state index in [4.69, 9.17) is 16.3 Å². The molecule has 0 unspecified atom stereocenters. The molecule has 1 saturated carbocycles. The molecule has 0 bridgehead atoms. The van der Waals surface area contributed by atoms with E-state index >= 15 is 0 Å². The second-order valence-electron chi connectivity index (χ2n) is 9.03. The summed E-state index contributed by atoms with van der Waals surface area (Å²) in [5.41, 5.74) is 0.806. The van der Waals surface area contributed by atoms with E-state index in [2.05, 4.69) is 4.90 Å². The van der Waals surface area contributed by atoms with Crippen molar-refractivity contribution < 1.29 is 14.3 Å². The molecule has 0 N–H and O–H groups in total. The fourth-order valence-electron chi connectivity index (χ4n) is 5.33. The predicted octanol–water partition coefficient (Wildman–Crippen LogP) is 3.82. The van der Waals surface area contributed by atoms with E-state index in [1.165, 1.54) is 0 Å². The number of anilines is 1. The lowest BCUT2D eigenvalue weighted by Crippen LogP contribution is -2.70. The summed E-state index contributed by atoms with van der Waals surface area (Å²) in [4.78, 5) is 29.1. The number of ether oxygens (including phenoxy) is 1. The minimum atomic E-state index is -1.00. The summed E-state index contributed by atoms with van der Waals surface area (Å²) in [5.74, 6) is 0.138. The van der Waals surface area contributed by atoms with Crippen molar-refractivity contribution >= 4 is 28.9 Å². The molecule has 4 rings (SSSR count). The van der Waals surface area contributed by atoms with Gasteiger partial charge in [-0.2, -0.15) is 0 Å². The van der Waals surface area contributed by atoms with Crippen LogP contribution in [0.2, 0.25) is 5.02 Å². The van der Waals surface area contributed by atoms with E-state index in [-0.39, 0.29) is 35.2 Å². The zero-order valence-corrected chi connectivity index (χ0v) is 16.6. The Hall–Kier alpha value is -1.39. The van der Waals surface area contributed by atoms with Crippen LogP contribution in [0, 0.1) is 10.8 Å². The molecule has 2 aliphatic heterocycles. The minimum Gasteiger partial charge on any atom is -0.372 e. The van der Waals surface area contributed by atoms with Gasteiger partial charge in [-0.05, 0) is 43.4 Å². The summed E-state index contributed by atoms with van der Waals surface area (Å²) in [6.45, 7) is 8.70. The van der Waals surface area contributed by atoms with Gasteiger partial charge in [-0.1, -0.05) is 31.5 Å². The van der Waals surface area contributed by atoms with Crippen molar-refractivity contribution in [3.8, 4) is 0 Å². The van der Waals surface area contributed by atoms with Crippen LogP contribution in [0.5, 0.6) is 0 Å². The van der Waals surface area contributed by atoms with Crippen molar-refractivity contribution in [1.29, 1.82) is 0 Å². The molecule has 0 aromatic heterocycles. The maximum atomic E-state index is 13.4. The third kappa shape index (κ3) is 2.53. The van der Waals surface area contributed by atoms with Crippen LogP contribution in [0.15, 0.2) is 18.2 Å². The van der Waals surface area contributed by atoms with E-state index in [0.717, 1.165) is 11.3 Å². The Balaban J connectivity index is 1.90. The van der Waals surface area contributed by atoms with Crippen LogP contribution >= 0.6 is 11.6 Å². The van der Waals surface area contributed by atoms with Crippen LogP contribution in [0.3, 0.4) is 0 Å². The first kappa shape index (κ1) is 18.0. The SMILES string of the molecule is C[C@@H]1CN2c3cc(Cl)ccc3CC3(C(=O)CC(C)(C)CC3=O)[C@H]2[C@@H](C)O1. The van der Waals surface area contributed by atoms with Gasteiger partial charge in [0.15, 0.2) is 0 Å². The number of hydrogen-bond acceptors (Lipinski definition) is 4. The topological polar surface area (TPSA) is 46.6 Å². The number of halogens is 1. The largest absolute Gasteiger partial charge is 0.372 e. The van der Waals surface area contributed by atoms with Gasteiger partial charge < -0.3 is 9.64 Å². The van der Waals surface area contributed by atoms with Crippen molar-refractivity contribution in [2.24, 2.45) is 10.8 Å². The normalized spacial score (nSPS) is 32.3. The molecular weight excluding hydrogens is 350 g/mol. The molecule has 1 spiro atoms. The van der Waals surface area contributed by atoms with E-state index in [1.54, 1.807) is 0 Å². The summed E-state index contributed by atoms with van der Waals surface area (Å²) in [6, 6.07) is 5.52. The zero-order chi connectivity index (χ0) is 18.9. The lowest BCUT2D eigenvalue weighted by molar-refractivity contribution is -0.157. The Bertz CT molecular complexity index is 767. The molecule has 3 atom stereocenters. The number of Topliss-reactive ketones (excluding diaryl/α,β-unsaturated/α-hetero) is 2. The molecule has 140 valence electrons. The summed E-state index contributed by atoms with van der Waals surface area (Å²) in [6.07, 6.45) is 1.17. The maximum absolute atomic E-state index is 13.4. The number of ketones is 2. The van der Waals surface area contributed by atoms with Crippen LogP contribution < -0.4 is 4.90 Å². The number of hydrogen-bond donors (Lipinski definition) is 0. The Morgan fingerprint density at radius 3 is 2.42 bits per heavy atom. The summed E-state index contributed by atoms with van der Waals surface area (Å²) < 4.78 is 6.10. The minimum absolute atomic E-state index is 0.0356. The van der Waals surface area contributed by atoms with E-state index < -0.39 is 5.41 Å². The number of fused-ring (bicyclic) bond motifs is 4. The first-order valence-corrected chi connectivity index (χ1v) is 9.79. The monoisotopic (exact) mass is 375 g/mol. The van der Waals surface area contributed by atoms with Gasteiger partial charge in [-0.3, -0.25) is 9.59 Å². The predicted molar refractivity (Wildman–Crippen MR) is 102 cm³/mol. The van der Waals surface area contributed by atoms with Gasteiger partial charge in [0.1, 0.15) is 17.0 Å². The number of benzene rings is 1. The maximum Gasteiger partial charge on any atom is 0.149 e. The molecule has 1 saturated heterocycles. The smallest absolute Gasteiger partial charge is 0.149 e. The molecule has 4 nitrogen and oxygen atoms in total. The molecular formula is C21H26ClNO3. The molecule has 2 heterocycles. The molecule has 0 amide bonds. The summed E-state index contributed by atoms with van der Waals surface area (Å²) in [7, 11) is 0. The fourth-order valence-corrected chi connectivity index (χ4v) is 5.50. The lowest BCUT2D eigenvalue weighted by atomic mass is 9.55. The Morgan fingerprint density at radius 2 is 1.77 bits per heavy atom. The zero-order valence-electron chi connectivity index (χ0n) is 15.8. The average Bonchev–Trinajstić information content (AvgIpc) is 2.51. The molecule has 5 heteroatoms. The average molecular weight is 376 g/mol. The molecule has 2 fully saturated rings. The van der Waals surface area contributed by atoms with Crippen LogP contribution in [0.1, 0.15) is 46.1 Å². The lowest BCUT2D eigenvalue weighted by Gasteiger charge is -2.57. The highest BCUT2D eigenvalue weighted by atomic mass is 35.5. The highest BCUT2D eigenvalue weighted by molar-refractivity contribution is 6.31. The van der Waals surface area contributed by atoms with Crippen molar-refractivity contribution in [1.82, 2.24) is 0 Å². The van der Waals surface area contributed by atoms with Gasteiger partial charge >= 0.3 is 0 Å². The van der Waals surface area contributed by atoms with Gasteiger partial charge in [0, 0.05) is 30.1 Å². The summed E-state index contributed by atoms with van der Waals surface area (Å²) in [5, 5.41) is 0.674. The molecule has 1 aromatic rings. The molecule has 0 radical (unpaired) electrons.